The molecule has 0 atom stereocenters. The molecule has 3 aromatic rings. The van der Waals surface area contributed by atoms with Crippen LogP contribution < -0.4 is 4.74 Å². The Kier molecular flexibility index (Phi) is 2.99. The Morgan fingerprint density at radius 3 is 2.37 bits per heavy atom. The van der Waals surface area contributed by atoms with E-state index >= 15 is 0 Å². The van der Waals surface area contributed by atoms with Crippen LogP contribution in [0.25, 0.3) is 11.0 Å². The van der Waals surface area contributed by atoms with E-state index in [9.17, 15) is 0 Å². The van der Waals surface area contributed by atoms with Crippen molar-refractivity contribution in [2.45, 2.75) is 18.7 Å². The zero-order chi connectivity index (χ0) is 13.4. The second-order valence-electron chi connectivity index (χ2n) is 4.64. The van der Waals surface area contributed by atoms with Gasteiger partial charge in [-0.2, -0.15) is 0 Å². The first kappa shape index (κ1) is 12.2. The summed E-state index contributed by atoms with van der Waals surface area (Å²) in [7, 11) is 0. The van der Waals surface area contributed by atoms with Crippen LogP contribution in [0.4, 0.5) is 0 Å². The maximum atomic E-state index is 5.89. The molecule has 0 saturated heterocycles. The highest BCUT2D eigenvalue weighted by atomic mass is 32.1. The fourth-order valence-corrected chi connectivity index (χ4v) is 2.65. The van der Waals surface area contributed by atoms with Crippen LogP contribution in [0.1, 0.15) is 11.1 Å². The number of rotatable bonds is 2. The van der Waals surface area contributed by atoms with Crippen molar-refractivity contribution in [3.63, 3.8) is 0 Å². The lowest BCUT2D eigenvalue weighted by molar-refractivity contribution is 0.356. The van der Waals surface area contributed by atoms with E-state index in [0.717, 1.165) is 32.7 Å². The van der Waals surface area contributed by atoms with Crippen molar-refractivity contribution in [2.75, 3.05) is 0 Å². The maximum absolute atomic E-state index is 5.89. The van der Waals surface area contributed by atoms with Crippen LogP contribution >= 0.6 is 0 Å². The largest absolute Gasteiger partial charge is 0.425 e. The summed E-state index contributed by atoms with van der Waals surface area (Å²) < 4.78 is 11.6. The highest BCUT2D eigenvalue weighted by Crippen LogP contribution is 2.33. The van der Waals surface area contributed by atoms with Gasteiger partial charge in [0, 0.05) is 11.5 Å². The fourth-order valence-electron chi connectivity index (χ4n) is 2.22. The van der Waals surface area contributed by atoms with Gasteiger partial charge in [-0.05, 0) is 55.8 Å². The molecular weight excluding hydrogens is 256 g/mol. The molecular formula is C16H15O2S+. The minimum absolute atomic E-state index is 0.522. The lowest BCUT2D eigenvalue weighted by Crippen LogP contribution is -1.91. The molecule has 0 unspecified atom stereocenters. The number of hydrogen-bond donors (Lipinski definition) is 0. The molecule has 0 spiro atoms. The van der Waals surface area contributed by atoms with Crippen molar-refractivity contribution in [3.8, 4) is 11.7 Å². The summed E-state index contributed by atoms with van der Waals surface area (Å²) >= 11 is 3.53. The van der Waals surface area contributed by atoms with E-state index in [1.165, 1.54) is 0 Å². The maximum Gasteiger partial charge on any atom is 0.291 e. The zero-order valence-corrected chi connectivity index (χ0v) is 11.9. The van der Waals surface area contributed by atoms with E-state index in [1.54, 1.807) is 0 Å². The molecule has 96 valence electrons. The third kappa shape index (κ3) is 2.34. The Balaban J connectivity index is 2.01. The van der Waals surface area contributed by atoms with Crippen LogP contribution in [0.15, 0.2) is 51.8 Å². The molecule has 0 fully saturated rings. The number of fused-ring (bicyclic) bond motifs is 1. The Labute approximate surface area is 117 Å². The van der Waals surface area contributed by atoms with Gasteiger partial charge in [0.2, 0.25) is 0 Å². The molecule has 1 heterocycles. The summed E-state index contributed by atoms with van der Waals surface area (Å²) in [4.78, 5) is 1.05. The molecule has 0 aliphatic heterocycles. The lowest BCUT2D eigenvalue weighted by Gasteiger charge is -2.08. The minimum Gasteiger partial charge on any atom is -0.425 e. The third-order valence-electron chi connectivity index (χ3n) is 3.07. The van der Waals surface area contributed by atoms with E-state index < -0.39 is 0 Å². The van der Waals surface area contributed by atoms with Gasteiger partial charge in [0.15, 0.2) is 4.90 Å². The molecule has 2 aromatic carbocycles. The van der Waals surface area contributed by atoms with Crippen molar-refractivity contribution in [1.29, 1.82) is 0 Å². The second-order valence-corrected chi connectivity index (χ2v) is 5.22. The quantitative estimate of drug-likeness (QED) is 0.651. The van der Waals surface area contributed by atoms with Crippen LogP contribution in [0.3, 0.4) is 0 Å². The summed E-state index contributed by atoms with van der Waals surface area (Å²) in [5.74, 6) is 1.37. The topological polar surface area (TPSA) is 22.4 Å². The number of benzene rings is 2. The highest BCUT2D eigenvalue weighted by Gasteiger charge is 2.11. The molecule has 0 amide bonds. The van der Waals surface area contributed by atoms with Crippen molar-refractivity contribution in [2.24, 2.45) is 0 Å². The average molecular weight is 271 g/mol. The Bertz CT molecular complexity index is 687. The molecule has 0 bridgehead atoms. The van der Waals surface area contributed by atoms with E-state index in [-0.39, 0.29) is 0 Å². The predicted molar refractivity (Wildman–Crippen MR) is 80.6 cm³/mol. The van der Waals surface area contributed by atoms with Crippen LogP contribution in [0, 0.1) is 13.8 Å². The first-order valence-electron chi connectivity index (χ1n) is 6.13. The van der Waals surface area contributed by atoms with Gasteiger partial charge in [-0.3, -0.25) is 0 Å². The fraction of sp³-hybridized carbons (Fsp3) is 0.125. The van der Waals surface area contributed by atoms with Crippen molar-refractivity contribution < 1.29 is 9.15 Å². The van der Waals surface area contributed by atoms with Gasteiger partial charge in [0.05, 0.1) is 0 Å². The lowest BCUT2D eigenvalue weighted by atomic mass is 10.1. The van der Waals surface area contributed by atoms with Crippen LogP contribution in [-0.2, 0) is 12.6 Å². The molecule has 1 aromatic heterocycles. The number of aryl methyl sites for hydroxylation is 2. The van der Waals surface area contributed by atoms with Gasteiger partial charge in [-0.15, -0.1) is 0 Å². The van der Waals surface area contributed by atoms with Crippen molar-refractivity contribution >= 4 is 23.6 Å². The zero-order valence-electron chi connectivity index (χ0n) is 10.9. The summed E-state index contributed by atoms with van der Waals surface area (Å²) in [6.45, 7) is 4.04. The predicted octanol–water partition coefficient (Wildman–Crippen LogP) is 4.21. The number of furan rings is 1. The second kappa shape index (κ2) is 4.67. The van der Waals surface area contributed by atoms with E-state index in [2.05, 4.69) is 12.6 Å². The van der Waals surface area contributed by atoms with E-state index in [0.29, 0.717) is 5.95 Å². The third-order valence-corrected chi connectivity index (χ3v) is 3.35. The molecule has 0 saturated carbocycles. The van der Waals surface area contributed by atoms with Gasteiger partial charge >= 0.3 is 0 Å². The molecule has 3 heteroatoms. The minimum atomic E-state index is 0.522. The molecule has 0 radical (unpaired) electrons. The van der Waals surface area contributed by atoms with E-state index in [4.69, 9.17) is 9.15 Å². The summed E-state index contributed by atoms with van der Waals surface area (Å²) in [6.07, 6.45) is 0. The molecule has 19 heavy (non-hydrogen) atoms. The van der Waals surface area contributed by atoms with Gasteiger partial charge < -0.3 is 9.15 Å². The SMILES string of the molecule is Cc1cc([SH2+])cc(C)c1Oc1cc2ccccc2o1. The molecule has 3 rings (SSSR count). The molecule has 0 aliphatic carbocycles. The van der Waals surface area contributed by atoms with Crippen molar-refractivity contribution in [1.82, 2.24) is 0 Å². The summed E-state index contributed by atoms with van der Waals surface area (Å²) in [5, 5.41) is 1.05. The van der Waals surface area contributed by atoms with Gasteiger partial charge in [0.1, 0.15) is 11.3 Å². The van der Waals surface area contributed by atoms with Crippen molar-refractivity contribution in [3.05, 3.63) is 53.6 Å². The standard InChI is InChI=1S/C16H14O2S/c1-10-7-13(19)8-11(2)16(10)18-15-9-12-5-3-4-6-14(12)17-15/h3-9,19H,1-2H3/p+1. The monoisotopic (exact) mass is 271 g/mol. The van der Waals surface area contributed by atoms with Crippen LogP contribution in [-0.4, -0.2) is 0 Å². The first-order chi connectivity index (χ1) is 9.13. The molecule has 0 N–H and O–H groups in total. The number of para-hydroxylation sites is 1. The van der Waals surface area contributed by atoms with Gasteiger partial charge in [-0.25, -0.2) is 0 Å². The number of hydrogen-bond acceptors (Lipinski definition) is 2. The van der Waals surface area contributed by atoms with Crippen LogP contribution in [0.5, 0.6) is 11.7 Å². The Morgan fingerprint density at radius 2 is 1.68 bits per heavy atom. The first-order valence-corrected chi connectivity index (χ1v) is 6.63. The number of ether oxygens (including phenoxy) is 1. The van der Waals surface area contributed by atoms with Gasteiger partial charge in [-0.1, -0.05) is 18.2 Å². The average Bonchev–Trinajstić information content (AvgIpc) is 2.76. The smallest absolute Gasteiger partial charge is 0.291 e. The Hall–Kier alpha value is -1.87. The summed E-state index contributed by atoms with van der Waals surface area (Å²) in [6, 6.07) is 13.8. The highest BCUT2D eigenvalue weighted by molar-refractivity contribution is 7.58. The summed E-state index contributed by atoms with van der Waals surface area (Å²) in [5.41, 5.74) is 2.99. The van der Waals surface area contributed by atoms with E-state index in [1.807, 2.05) is 56.3 Å². The normalized spacial score (nSPS) is 10.9. The molecule has 0 aliphatic rings. The van der Waals surface area contributed by atoms with Gasteiger partial charge in [0.25, 0.3) is 5.95 Å². The molecule has 2 nitrogen and oxygen atoms in total. The Morgan fingerprint density at radius 1 is 1.00 bits per heavy atom. The van der Waals surface area contributed by atoms with Crippen LogP contribution in [0.2, 0.25) is 0 Å².